The van der Waals surface area contributed by atoms with Crippen molar-refractivity contribution in [1.82, 2.24) is 0 Å². The van der Waals surface area contributed by atoms with E-state index in [0.717, 1.165) is 6.26 Å². The maximum atomic E-state index is 12.9. The largest absolute Gasteiger partial charge is 0.416 e. The summed E-state index contributed by atoms with van der Waals surface area (Å²) in [5.74, 6) is -1.23. The maximum absolute atomic E-state index is 12.9. The summed E-state index contributed by atoms with van der Waals surface area (Å²) < 4.78 is 102. The standard InChI is InChI=1S/C17H14F6N2O3S/c1-9-3-4-13(8-14(9)25-29(2,27)28)24-15(26)10-5-11(16(18,19)20)7-12(6-10)17(21,22)23/h3-8,25H,1-2H3,(H,24,26). The smallest absolute Gasteiger partial charge is 0.322 e. The highest BCUT2D eigenvalue weighted by atomic mass is 32.2. The zero-order valence-corrected chi connectivity index (χ0v) is 15.7. The molecule has 2 aromatic carbocycles. The minimum atomic E-state index is -5.09. The van der Waals surface area contributed by atoms with Crippen molar-refractivity contribution in [2.75, 3.05) is 16.3 Å². The number of benzene rings is 2. The number of sulfonamides is 1. The summed E-state index contributed by atoms with van der Waals surface area (Å²) in [6, 6.07) is 4.43. The number of rotatable bonds is 4. The number of hydrogen-bond acceptors (Lipinski definition) is 3. The second-order valence-electron chi connectivity index (χ2n) is 6.15. The van der Waals surface area contributed by atoms with E-state index in [-0.39, 0.29) is 17.4 Å². The van der Waals surface area contributed by atoms with E-state index in [2.05, 4.69) is 10.0 Å². The van der Waals surface area contributed by atoms with Gasteiger partial charge in [-0.2, -0.15) is 26.3 Å². The first-order valence-corrected chi connectivity index (χ1v) is 9.65. The van der Waals surface area contributed by atoms with Gasteiger partial charge in [-0.15, -0.1) is 0 Å². The molecule has 0 radical (unpaired) electrons. The Hall–Kier alpha value is -2.76. The zero-order valence-electron chi connectivity index (χ0n) is 14.9. The Morgan fingerprint density at radius 1 is 0.897 bits per heavy atom. The van der Waals surface area contributed by atoms with E-state index in [1.165, 1.54) is 18.2 Å². The van der Waals surface area contributed by atoms with Gasteiger partial charge in [-0.25, -0.2) is 8.42 Å². The second-order valence-corrected chi connectivity index (χ2v) is 7.90. The van der Waals surface area contributed by atoms with E-state index < -0.39 is 45.0 Å². The summed E-state index contributed by atoms with van der Waals surface area (Å²) >= 11 is 0. The first-order valence-electron chi connectivity index (χ1n) is 7.75. The Morgan fingerprint density at radius 3 is 1.86 bits per heavy atom. The molecule has 0 bridgehead atoms. The molecule has 0 saturated carbocycles. The minimum absolute atomic E-state index is 0.0299. The van der Waals surface area contributed by atoms with Crippen LogP contribution in [0.1, 0.15) is 27.0 Å². The quantitative estimate of drug-likeness (QED) is 0.680. The lowest BCUT2D eigenvalue weighted by Gasteiger charge is -2.15. The summed E-state index contributed by atoms with van der Waals surface area (Å²) in [6.45, 7) is 1.56. The molecule has 2 rings (SSSR count). The molecule has 0 aliphatic heterocycles. The van der Waals surface area contributed by atoms with Crippen molar-refractivity contribution < 1.29 is 39.6 Å². The van der Waals surface area contributed by atoms with E-state index in [0.29, 0.717) is 17.7 Å². The van der Waals surface area contributed by atoms with Crippen LogP contribution in [0.25, 0.3) is 0 Å². The summed E-state index contributed by atoms with van der Waals surface area (Å²) in [5.41, 5.74) is -3.57. The number of aryl methyl sites for hydroxylation is 1. The van der Waals surface area contributed by atoms with Crippen molar-refractivity contribution in [1.29, 1.82) is 0 Å². The molecule has 0 fully saturated rings. The number of nitrogens with one attached hydrogen (secondary N) is 2. The molecule has 5 nitrogen and oxygen atoms in total. The summed E-state index contributed by atoms with van der Waals surface area (Å²) in [6.07, 6.45) is -9.29. The Kier molecular flexibility index (Phi) is 5.89. The lowest BCUT2D eigenvalue weighted by molar-refractivity contribution is -0.143. The van der Waals surface area contributed by atoms with Gasteiger partial charge in [-0.3, -0.25) is 9.52 Å². The van der Waals surface area contributed by atoms with Crippen molar-refractivity contribution in [3.05, 3.63) is 58.7 Å². The predicted molar refractivity (Wildman–Crippen MR) is 94.0 cm³/mol. The number of amides is 1. The Balaban J connectivity index is 2.42. The highest BCUT2D eigenvalue weighted by molar-refractivity contribution is 7.92. The topological polar surface area (TPSA) is 75.3 Å². The summed E-state index contributed by atoms with van der Waals surface area (Å²) in [7, 11) is -3.65. The first-order chi connectivity index (χ1) is 13.1. The lowest BCUT2D eigenvalue weighted by atomic mass is 10.0. The van der Waals surface area contributed by atoms with Crippen LogP contribution in [0, 0.1) is 6.92 Å². The molecular formula is C17H14F6N2O3S. The molecule has 1 amide bonds. The average Bonchev–Trinajstić information content (AvgIpc) is 2.54. The monoisotopic (exact) mass is 440 g/mol. The molecule has 2 aromatic rings. The van der Waals surface area contributed by atoms with E-state index in [1.807, 2.05) is 0 Å². The number of alkyl halides is 6. The van der Waals surface area contributed by atoms with Crippen LogP contribution in [0.3, 0.4) is 0 Å². The van der Waals surface area contributed by atoms with Gasteiger partial charge in [0, 0.05) is 11.3 Å². The molecular weight excluding hydrogens is 426 g/mol. The number of carbonyl (C=O) groups is 1. The van der Waals surface area contributed by atoms with Gasteiger partial charge in [0.05, 0.1) is 23.1 Å². The third kappa shape index (κ3) is 6.11. The number of hydrogen-bond donors (Lipinski definition) is 2. The van der Waals surface area contributed by atoms with Gasteiger partial charge in [0.2, 0.25) is 10.0 Å². The molecule has 0 saturated heterocycles. The Labute approximate surface area is 161 Å². The zero-order chi connectivity index (χ0) is 22.2. The van der Waals surface area contributed by atoms with Gasteiger partial charge in [-0.05, 0) is 42.8 Å². The van der Waals surface area contributed by atoms with Crippen LogP contribution in [0.5, 0.6) is 0 Å². The molecule has 0 aliphatic rings. The third-order valence-corrected chi connectivity index (χ3v) is 4.23. The van der Waals surface area contributed by atoms with E-state index in [9.17, 15) is 39.6 Å². The van der Waals surface area contributed by atoms with E-state index >= 15 is 0 Å². The number of anilines is 2. The fourth-order valence-corrected chi connectivity index (χ4v) is 2.92. The highest BCUT2D eigenvalue weighted by Crippen LogP contribution is 2.36. The highest BCUT2D eigenvalue weighted by Gasteiger charge is 2.37. The van der Waals surface area contributed by atoms with Crippen molar-refractivity contribution in [2.24, 2.45) is 0 Å². The van der Waals surface area contributed by atoms with Gasteiger partial charge >= 0.3 is 12.4 Å². The second kappa shape index (κ2) is 7.58. The third-order valence-electron chi connectivity index (χ3n) is 3.64. The fourth-order valence-electron chi connectivity index (χ4n) is 2.30. The van der Waals surface area contributed by atoms with Crippen LogP contribution in [-0.4, -0.2) is 20.6 Å². The molecule has 0 heterocycles. The van der Waals surface area contributed by atoms with Crippen molar-refractivity contribution in [2.45, 2.75) is 19.3 Å². The van der Waals surface area contributed by atoms with Crippen LogP contribution >= 0.6 is 0 Å². The Bertz CT molecular complexity index is 1010. The predicted octanol–water partition coefficient (Wildman–Crippen LogP) is 4.66. The molecule has 0 atom stereocenters. The van der Waals surface area contributed by atoms with Crippen LogP contribution in [0.2, 0.25) is 0 Å². The summed E-state index contributed by atoms with van der Waals surface area (Å²) in [5, 5.41) is 2.16. The fraction of sp³-hybridized carbons (Fsp3) is 0.235. The van der Waals surface area contributed by atoms with Gasteiger partial charge in [0.15, 0.2) is 0 Å². The van der Waals surface area contributed by atoms with Crippen LogP contribution in [0.15, 0.2) is 36.4 Å². The SMILES string of the molecule is Cc1ccc(NC(=O)c2cc(C(F)(F)F)cc(C(F)(F)F)c2)cc1NS(C)(=O)=O. The molecule has 0 aromatic heterocycles. The molecule has 0 unspecified atom stereocenters. The molecule has 12 heteroatoms. The van der Waals surface area contributed by atoms with Crippen molar-refractivity contribution in [3.8, 4) is 0 Å². The molecule has 158 valence electrons. The van der Waals surface area contributed by atoms with Crippen molar-refractivity contribution in [3.63, 3.8) is 0 Å². The molecule has 0 aliphatic carbocycles. The van der Waals surface area contributed by atoms with Gasteiger partial charge < -0.3 is 5.32 Å². The normalized spacial score (nSPS) is 12.6. The molecule has 29 heavy (non-hydrogen) atoms. The van der Waals surface area contributed by atoms with Crippen LogP contribution in [-0.2, 0) is 22.4 Å². The van der Waals surface area contributed by atoms with Gasteiger partial charge in [0.25, 0.3) is 5.91 Å². The van der Waals surface area contributed by atoms with Gasteiger partial charge in [0.1, 0.15) is 0 Å². The molecule has 2 N–H and O–H groups in total. The maximum Gasteiger partial charge on any atom is 0.416 e. The van der Waals surface area contributed by atoms with E-state index in [4.69, 9.17) is 0 Å². The Morgan fingerprint density at radius 2 is 1.41 bits per heavy atom. The van der Waals surface area contributed by atoms with E-state index in [1.54, 1.807) is 6.92 Å². The van der Waals surface area contributed by atoms with Gasteiger partial charge in [-0.1, -0.05) is 6.07 Å². The van der Waals surface area contributed by atoms with Crippen LogP contribution < -0.4 is 10.0 Å². The number of carbonyl (C=O) groups excluding carboxylic acids is 1. The number of halogens is 6. The lowest BCUT2D eigenvalue weighted by Crippen LogP contribution is -2.17. The first kappa shape index (κ1) is 22.5. The minimum Gasteiger partial charge on any atom is -0.322 e. The van der Waals surface area contributed by atoms with Crippen LogP contribution in [0.4, 0.5) is 37.7 Å². The average molecular weight is 440 g/mol. The molecule has 0 spiro atoms. The van der Waals surface area contributed by atoms with Crippen molar-refractivity contribution >= 4 is 27.3 Å². The summed E-state index contributed by atoms with van der Waals surface area (Å²) in [4.78, 5) is 12.3.